The molecule has 0 fully saturated rings. The van der Waals surface area contributed by atoms with Crippen LogP contribution in [0.3, 0.4) is 0 Å². The summed E-state index contributed by atoms with van der Waals surface area (Å²) in [6, 6.07) is 10.5. The van der Waals surface area contributed by atoms with Crippen molar-refractivity contribution in [3.8, 4) is 0 Å². The van der Waals surface area contributed by atoms with Crippen LogP contribution in [0.1, 0.15) is 5.56 Å². The van der Waals surface area contributed by atoms with E-state index >= 15 is 0 Å². The molecular formula is C14H14Br2N2S. The maximum atomic E-state index is 6.16. The van der Waals surface area contributed by atoms with Gasteiger partial charge in [0.25, 0.3) is 0 Å². The number of pyridine rings is 1. The van der Waals surface area contributed by atoms with Gasteiger partial charge < -0.3 is 5.73 Å². The normalized spacial score (nSPS) is 12.4. The van der Waals surface area contributed by atoms with Gasteiger partial charge in [0.2, 0.25) is 0 Å². The van der Waals surface area contributed by atoms with E-state index in [1.807, 2.05) is 18.3 Å². The molecule has 0 amide bonds. The quantitative estimate of drug-likeness (QED) is 0.760. The van der Waals surface area contributed by atoms with Crippen LogP contribution in [0, 0.1) is 0 Å². The van der Waals surface area contributed by atoms with Crippen molar-refractivity contribution in [3.05, 3.63) is 57.2 Å². The second-order valence-corrected chi connectivity index (χ2v) is 7.17. The molecule has 1 aromatic heterocycles. The second kappa shape index (κ2) is 7.43. The van der Waals surface area contributed by atoms with Gasteiger partial charge in [0, 0.05) is 38.0 Å². The molecule has 2 aromatic rings. The van der Waals surface area contributed by atoms with Gasteiger partial charge in [-0.3, -0.25) is 4.98 Å². The fourth-order valence-electron chi connectivity index (χ4n) is 1.66. The summed E-state index contributed by atoms with van der Waals surface area (Å²) in [6.45, 7) is 0. The average Bonchev–Trinajstić information content (AvgIpc) is 2.38. The van der Waals surface area contributed by atoms with Crippen LogP contribution in [0.2, 0.25) is 0 Å². The third kappa shape index (κ3) is 5.26. The first-order valence-electron chi connectivity index (χ1n) is 5.87. The number of hydrogen-bond acceptors (Lipinski definition) is 3. The van der Waals surface area contributed by atoms with Gasteiger partial charge in [-0.2, -0.15) is 0 Å². The zero-order chi connectivity index (χ0) is 13.7. The van der Waals surface area contributed by atoms with Gasteiger partial charge in [-0.25, -0.2) is 0 Å². The Morgan fingerprint density at radius 1 is 1.11 bits per heavy atom. The molecule has 19 heavy (non-hydrogen) atoms. The summed E-state index contributed by atoms with van der Waals surface area (Å²) < 4.78 is 2.10. The molecule has 0 bridgehead atoms. The Hall–Kier alpha value is -0.360. The lowest BCUT2D eigenvalue weighted by molar-refractivity contribution is 0.745. The summed E-state index contributed by atoms with van der Waals surface area (Å²) in [4.78, 5) is 5.39. The number of nitrogens with two attached hydrogens (primary N) is 1. The first-order chi connectivity index (χ1) is 9.13. The van der Waals surface area contributed by atoms with Crippen molar-refractivity contribution in [2.75, 3.05) is 5.75 Å². The summed E-state index contributed by atoms with van der Waals surface area (Å²) in [5.74, 6) is 0.897. The van der Waals surface area contributed by atoms with Crippen LogP contribution in [0.4, 0.5) is 0 Å². The fraction of sp³-hybridized carbons (Fsp3) is 0.214. The third-order valence-corrected chi connectivity index (χ3v) is 4.70. The van der Waals surface area contributed by atoms with E-state index in [0.29, 0.717) is 0 Å². The number of rotatable bonds is 5. The molecule has 2 rings (SSSR count). The van der Waals surface area contributed by atoms with Crippen LogP contribution in [-0.4, -0.2) is 16.8 Å². The van der Waals surface area contributed by atoms with Gasteiger partial charge in [0.15, 0.2) is 0 Å². The SMILES string of the molecule is NC(CSc1ccc(Br)cc1)Cc1cncc(Br)c1. The van der Waals surface area contributed by atoms with Crippen molar-refractivity contribution in [1.29, 1.82) is 0 Å². The van der Waals surface area contributed by atoms with E-state index in [-0.39, 0.29) is 6.04 Å². The van der Waals surface area contributed by atoms with E-state index in [0.717, 1.165) is 21.1 Å². The lowest BCUT2D eigenvalue weighted by Gasteiger charge is -2.11. The maximum absolute atomic E-state index is 6.16. The summed E-state index contributed by atoms with van der Waals surface area (Å²) >= 11 is 8.64. The highest BCUT2D eigenvalue weighted by Crippen LogP contribution is 2.21. The number of nitrogens with zero attached hydrogens (tertiary/aromatic N) is 1. The summed E-state index contributed by atoms with van der Waals surface area (Å²) in [5.41, 5.74) is 7.33. The minimum atomic E-state index is 0.129. The minimum Gasteiger partial charge on any atom is -0.327 e. The van der Waals surface area contributed by atoms with Crippen LogP contribution in [-0.2, 0) is 6.42 Å². The van der Waals surface area contributed by atoms with Crippen LogP contribution in [0.25, 0.3) is 0 Å². The second-order valence-electron chi connectivity index (χ2n) is 4.24. The van der Waals surface area contributed by atoms with Gasteiger partial charge in [-0.05, 0) is 58.2 Å². The molecule has 2 nitrogen and oxygen atoms in total. The maximum Gasteiger partial charge on any atom is 0.0410 e. The summed E-state index contributed by atoms with van der Waals surface area (Å²) in [6.07, 6.45) is 4.50. The third-order valence-electron chi connectivity index (χ3n) is 2.54. The Morgan fingerprint density at radius 3 is 2.53 bits per heavy atom. The first-order valence-corrected chi connectivity index (χ1v) is 8.44. The fourth-order valence-corrected chi connectivity index (χ4v) is 3.19. The van der Waals surface area contributed by atoms with Gasteiger partial charge in [0.1, 0.15) is 0 Å². The van der Waals surface area contributed by atoms with Gasteiger partial charge in [-0.1, -0.05) is 15.9 Å². The molecule has 1 aromatic carbocycles. The van der Waals surface area contributed by atoms with Crippen LogP contribution in [0.5, 0.6) is 0 Å². The van der Waals surface area contributed by atoms with E-state index in [4.69, 9.17) is 5.73 Å². The van der Waals surface area contributed by atoms with Crippen molar-refractivity contribution < 1.29 is 0 Å². The number of halogens is 2. The predicted octanol–water partition coefficient (Wildman–Crippen LogP) is 4.27. The van der Waals surface area contributed by atoms with Gasteiger partial charge in [0.05, 0.1) is 0 Å². The lowest BCUT2D eigenvalue weighted by atomic mass is 10.1. The molecule has 2 N–H and O–H groups in total. The standard InChI is InChI=1S/C14H14Br2N2S/c15-11-1-3-14(4-2-11)19-9-13(17)6-10-5-12(16)8-18-7-10/h1-5,7-8,13H,6,9,17H2. The molecule has 0 aliphatic rings. The van der Waals surface area contributed by atoms with Crippen molar-refractivity contribution in [2.24, 2.45) is 5.73 Å². The van der Waals surface area contributed by atoms with Crippen molar-refractivity contribution in [3.63, 3.8) is 0 Å². The van der Waals surface area contributed by atoms with Crippen LogP contribution >= 0.6 is 43.6 Å². The summed E-state index contributed by atoms with van der Waals surface area (Å²) in [7, 11) is 0. The monoisotopic (exact) mass is 400 g/mol. The average molecular weight is 402 g/mol. The molecule has 0 aliphatic heterocycles. The van der Waals surface area contributed by atoms with Crippen LogP contribution < -0.4 is 5.73 Å². The Labute approximate surface area is 134 Å². The highest BCUT2D eigenvalue weighted by Gasteiger charge is 2.06. The molecule has 1 atom stereocenters. The Bertz CT molecular complexity index is 531. The number of aromatic nitrogens is 1. The number of thioether (sulfide) groups is 1. The van der Waals surface area contributed by atoms with Crippen LogP contribution in [0.15, 0.2) is 56.6 Å². The van der Waals surface area contributed by atoms with Crippen molar-refractivity contribution in [2.45, 2.75) is 17.4 Å². The topological polar surface area (TPSA) is 38.9 Å². The van der Waals surface area contributed by atoms with Crippen molar-refractivity contribution >= 4 is 43.6 Å². The molecule has 5 heteroatoms. The van der Waals surface area contributed by atoms with Gasteiger partial charge >= 0.3 is 0 Å². The first kappa shape index (κ1) is 15.0. The largest absolute Gasteiger partial charge is 0.327 e. The molecule has 0 saturated carbocycles. The molecule has 0 aliphatic carbocycles. The highest BCUT2D eigenvalue weighted by atomic mass is 79.9. The molecule has 0 spiro atoms. The van der Waals surface area contributed by atoms with E-state index in [1.165, 1.54) is 10.5 Å². The highest BCUT2D eigenvalue weighted by molar-refractivity contribution is 9.10. The molecule has 100 valence electrons. The molecular weight excluding hydrogens is 388 g/mol. The molecule has 0 saturated heterocycles. The molecule has 0 radical (unpaired) electrons. The molecule has 1 unspecified atom stereocenters. The predicted molar refractivity (Wildman–Crippen MR) is 88.5 cm³/mol. The van der Waals surface area contributed by atoms with E-state index in [1.54, 1.807) is 18.0 Å². The minimum absolute atomic E-state index is 0.129. The lowest BCUT2D eigenvalue weighted by Crippen LogP contribution is -2.25. The smallest absolute Gasteiger partial charge is 0.0410 e. The van der Waals surface area contributed by atoms with Gasteiger partial charge in [-0.15, -0.1) is 11.8 Å². The number of benzene rings is 1. The van der Waals surface area contributed by atoms with Crippen molar-refractivity contribution in [1.82, 2.24) is 4.98 Å². The summed E-state index contributed by atoms with van der Waals surface area (Å²) in [5, 5.41) is 0. The zero-order valence-corrected chi connectivity index (χ0v) is 14.2. The van der Waals surface area contributed by atoms with E-state index < -0.39 is 0 Å². The van der Waals surface area contributed by atoms with E-state index in [2.05, 4.69) is 55.0 Å². The van der Waals surface area contributed by atoms with E-state index in [9.17, 15) is 0 Å². The Balaban J connectivity index is 1.84. The zero-order valence-electron chi connectivity index (χ0n) is 10.2. The molecule has 1 heterocycles. The number of hydrogen-bond donors (Lipinski definition) is 1. The Kier molecular flexibility index (Phi) is 5.88. The Morgan fingerprint density at radius 2 is 1.84 bits per heavy atom.